The van der Waals surface area contributed by atoms with E-state index in [9.17, 15) is 4.79 Å². The number of hydrogen-bond acceptors (Lipinski definition) is 4. The van der Waals surface area contributed by atoms with Crippen LogP contribution in [0, 0.1) is 11.3 Å². The number of carbonyl (C=O) groups is 1. The van der Waals surface area contributed by atoms with Gasteiger partial charge in [0.05, 0.1) is 13.2 Å². The molecule has 1 fully saturated rings. The van der Waals surface area contributed by atoms with E-state index >= 15 is 0 Å². The number of methoxy groups -OCH3 is 1. The molecule has 2 rings (SSSR count). The van der Waals surface area contributed by atoms with Crippen LogP contribution in [-0.4, -0.2) is 38.4 Å². The van der Waals surface area contributed by atoms with Crippen molar-refractivity contribution in [3.8, 4) is 11.5 Å². The van der Waals surface area contributed by atoms with Gasteiger partial charge < -0.3 is 19.5 Å². The highest BCUT2D eigenvalue weighted by Crippen LogP contribution is 2.34. The maximum atomic E-state index is 12.3. The van der Waals surface area contributed by atoms with Crippen LogP contribution in [0.4, 0.5) is 0 Å². The second-order valence-electron chi connectivity index (χ2n) is 7.39. The average Bonchev–Trinajstić information content (AvgIpc) is 3.02. The van der Waals surface area contributed by atoms with Crippen molar-refractivity contribution in [3.63, 3.8) is 0 Å². The molecule has 3 atom stereocenters. The van der Waals surface area contributed by atoms with Crippen LogP contribution in [0.5, 0.6) is 11.5 Å². The molecule has 1 aliphatic heterocycles. The van der Waals surface area contributed by atoms with Gasteiger partial charge in [0.25, 0.3) is 5.91 Å². The third-order valence-electron chi connectivity index (χ3n) is 4.35. The number of rotatable bonds is 6. The normalized spacial score (nSPS) is 22.0. The molecule has 1 aromatic carbocycles. The van der Waals surface area contributed by atoms with Gasteiger partial charge in [-0.05, 0) is 43.0 Å². The van der Waals surface area contributed by atoms with E-state index in [0.29, 0.717) is 18.2 Å². The van der Waals surface area contributed by atoms with Crippen LogP contribution in [0.15, 0.2) is 24.3 Å². The van der Waals surface area contributed by atoms with Crippen LogP contribution in [0.25, 0.3) is 0 Å². The third-order valence-corrected chi connectivity index (χ3v) is 4.35. The van der Waals surface area contributed by atoms with Crippen LogP contribution in [-0.2, 0) is 9.53 Å². The molecule has 0 bridgehead atoms. The maximum absolute atomic E-state index is 12.3. The highest BCUT2D eigenvalue weighted by atomic mass is 16.5. The summed E-state index contributed by atoms with van der Waals surface area (Å²) in [6.45, 7) is 9.66. The first-order valence-corrected chi connectivity index (χ1v) is 8.51. The molecule has 5 heteroatoms. The lowest BCUT2D eigenvalue weighted by Crippen LogP contribution is -2.42. The standard InChI is InChI=1S/C19H29NO4/c1-13(24-16-8-6-15(22-5)7-9-16)18(21)20-12-14-10-11-23-17(14)19(2,3)4/h6-9,13-14,17H,10-12H2,1-5H3,(H,20,21)/t13-,14-,17-/m1/s1. The molecule has 0 saturated carbocycles. The molecule has 1 amide bonds. The minimum absolute atomic E-state index is 0.0805. The summed E-state index contributed by atoms with van der Waals surface area (Å²) in [4.78, 5) is 12.3. The molecule has 1 aliphatic rings. The Bertz CT molecular complexity index is 535. The molecule has 24 heavy (non-hydrogen) atoms. The van der Waals surface area contributed by atoms with Gasteiger partial charge in [-0.25, -0.2) is 0 Å². The quantitative estimate of drug-likeness (QED) is 0.868. The highest BCUT2D eigenvalue weighted by molar-refractivity contribution is 5.80. The SMILES string of the molecule is COc1ccc(O[C@H](C)C(=O)NC[C@H]2CCO[C@H]2C(C)(C)C)cc1. The maximum Gasteiger partial charge on any atom is 0.260 e. The second kappa shape index (κ2) is 7.88. The van der Waals surface area contributed by atoms with Crippen molar-refractivity contribution < 1.29 is 19.0 Å². The number of benzene rings is 1. The molecule has 1 saturated heterocycles. The second-order valence-corrected chi connectivity index (χ2v) is 7.39. The van der Waals surface area contributed by atoms with Gasteiger partial charge in [-0.1, -0.05) is 20.8 Å². The number of amides is 1. The zero-order chi connectivity index (χ0) is 17.7. The Balaban J connectivity index is 1.83. The Morgan fingerprint density at radius 3 is 2.50 bits per heavy atom. The van der Waals surface area contributed by atoms with Crippen molar-refractivity contribution in [3.05, 3.63) is 24.3 Å². The molecule has 0 unspecified atom stereocenters. The average molecular weight is 335 g/mol. The van der Waals surface area contributed by atoms with Gasteiger partial charge in [0, 0.05) is 19.1 Å². The van der Waals surface area contributed by atoms with Gasteiger partial charge in [0.15, 0.2) is 6.10 Å². The summed E-state index contributed by atoms with van der Waals surface area (Å²) < 4.78 is 16.6. The van der Waals surface area contributed by atoms with E-state index in [2.05, 4.69) is 26.1 Å². The molecule has 0 aliphatic carbocycles. The Morgan fingerprint density at radius 2 is 1.92 bits per heavy atom. The van der Waals surface area contributed by atoms with Crippen molar-refractivity contribution in [1.82, 2.24) is 5.32 Å². The van der Waals surface area contributed by atoms with Crippen molar-refractivity contribution in [2.45, 2.75) is 46.3 Å². The topological polar surface area (TPSA) is 56.8 Å². The zero-order valence-electron chi connectivity index (χ0n) is 15.3. The fraction of sp³-hybridized carbons (Fsp3) is 0.632. The van der Waals surface area contributed by atoms with Gasteiger partial charge in [-0.15, -0.1) is 0 Å². The largest absolute Gasteiger partial charge is 0.497 e. The summed E-state index contributed by atoms with van der Waals surface area (Å²) >= 11 is 0. The first-order chi connectivity index (χ1) is 11.3. The minimum atomic E-state index is -0.547. The number of nitrogens with one attached hydrogen (secondary N) is 1. The van der Waals surface area contributed by atoms with Gasteiger partial charge in [-0.3, -0.25) is 4.79 Å². The molecule has 0 aromatic heterocycles. The van der Waals surface area contributed by atoms with Crippen LogP contribution in [0.1, 0.15) is 34.1 Å². The Hall–Kier alpha value is -1.75. The number of carbonyl (C=O) groups excluding carboxylic acids is 1. The fourth-order valence-electron chi connectivity index (χ4n) is 3.09. The lowest BCUT2D eigenvalue weighted by atomic mass is 9.81. The Morgan fingerprint density at radius 1 is 1.29 bits per heavy atom. The van der Waals surface area contributed by atoms with Gasteiger partial charge in [0.2, 0.25) is 0 Å². The molecule has 134 valence electrons. The summed E-state index contributed by atoms with van der Waals surface area (Å²) in [5.74, 6) is 1.65. The molecule has 1 heterocycles. The van der Waals surface area contributed by atoms with E-state index in [1.807, 2.05) is 12.1 Å². The summed E-state index contributed by atoms with van der Waals surface area (Å²) in [6.07, 6.45) is 0.611. The van der Waals surface area contributed by atoms with E-state index in [4.69, 9.17) is 14.2 Å². The predicted molar refractivity (Wildman–Crippen MR) is 93.4 cm³/mol. The molecule has 1 aromatic rings. The Kier molecular flexibility index (Phi) is 6.10. The number of ether oxygens (including phenoxy) is 3. The lowest BCUT2D eigenvalue weighted by molar-refractivity contribution is -0.127. The van der Waals surface area contributed by atoms with Gasteiger partial charge in [0.1, 0.15) is 11.5 Å². The smallest absolute Gasteiger partial charge is 0.260 e. The minimum Gasteiger partial charge on any atom is -0.497 e. The lowest BCUT2D eigenvalue weighted by Gasteiger charge is -2.31. The van der Waals surface area contributed by atoms with Gasteiger partial charge in [-0.2, -0.15) is 0 Å². The zero-order valence-corrected chi connectivity index (χ0v) is 15.3. The van der Waals surface area contributed by atoms with E-state index < -0.39 is 6.10 Å². The van der Waals surface area contributed by atoms with Crippen molar-refractivity contribution in [2.75, 3.05) is 20.3 Å². The first-order valence-electron chi connectivity index (χ1n) is 8.51. The van der Waals surface area contributed by atoms with E-state index in [1.165, 1.54) is 0 Å². The summed E-state index contributed by atoms with van der Waals surface area (Å²) in [5, 5.41) is 3.00. The number of hydrogen-bond donors (Lipinski definition) is 1. The predicted octanol–water partition coefficient (Wildman–Crippen LogP) is 3.03. The Labute approximate surface area is 144 Å². The van der Waals surface area contributed by atoms with E-state index in [0.717, 1.165) is 18.8 Å². The van der Waals surface area contributed by atoms with Crippen LogP contribution in [0.3, 0.4) is 0 Å². The van der Waals surface area contributed by atoms with Crippen molar-refractivity contribution in [1.29, 1.82) is 0 Å². The molecule has 0 spiro atoms. The van der Waals surface area contributed by atoms with E-state index in [1.54, 1.807) is 26.2 Å². The summed E-state index contributed by atoms with van der Waals surface area (Å²) in [7, 11) is 1.61. The molecular weight excluding hydrogens is 306 g/mol. The fourth-order valence-corrected chi connectivity index (χ4v) is 3.09. The molecule has 0 radical (unpaired) electrons. The summed E-state index contributed by atoms with van der Waals surface area (Å²) in [5.41, 5.74) is 0.0805. The van der Waals surface area contributed by atoms with E-state index in [-0.39, 0.29) is 17.4 Å². The monoisotopic (exact) mass is 335 g/mol. The summed E-state index contributed by atoms with van der Waals surface area (Å²) in [6, 6.07) is 7.21. The van der Waals surface area contributed by atoms with Crippen LogP contribution >= 0.6 is 0 Å². The van der Waals surface area contributed by atoms with Crippen LogP contribution in [0.2, 0.25) is 0 Å². The molecule has 1 N–H and O–H groups in total. The molecular formula is C19H29NO4. The highest BCUT2D eigenvalue weighted by Gasteiger charge is 2.37. The van der Waals surface area contributed by atoms with Crippen molar-refractivity contribution in [2.24, 2.45) is 11.3 Å². The van der Waals surface area contributed by atoms with Crippen molar-refractivity contribution >= 4 is 5.91 Å². The first kappa shape index (κ1) is 18.6. The third kappa shape index (κ3) is 4.87. The van der Waals surface area contributed by atoms with Crippen LogP contribution < -0.4 is 14.8 Å². The molecule has 5 nitrogen and oxygen atoms in total. The van der Waals surface area contributed by atoms with Gasteiger partial charge >= 0.3 is 0 Å².